The Morgan fingerprint density at radius 3 is 2.89 bits per heavy atom. The number of carbonyl (C=O) groups is 3. The van der Waals surface area contributed by atoms with Crippen LogP contribution < -0.4 is 5.49 Å². The minimum atomic E-state index is -1.02. The van der Waals surface area contributed by atoms with Gasteiger partial charge in [-0.1, -0.05) is 19.8 Å². The van der Waals surface area contributed by atoms with Crippen LogP contribution in [0.3, 0.4) is 0 Å². The van der Waals surface area contributed by atoms with Gasteiger partial charge in [0.05, 0.1) is 25.3 Å². The lowest BCUT2D eigenvalue weighted by atomic mass is 9.99. The fourth-order valence-corrected chi connectivity index (χ4v) is 2.84. The number of unbranched alkanes of at least 4 members (excludes halogenated alkanes) is 1. The zero-order valence-electron chi connectivity index (χ0n) is 15.4. The molecule has 0 aromatic carbocycles. The third kappa shape index (κ3) is 5.36. The maximum atomic E-state index is 13.0. The van der Waals surface area contributed by atoms with E-state index in [0.29, 0.717) is 22.6 Å². The number of rotatable bonds is 8. The summed E-state index contributed by atoms with van der Waals surface area (Å²) in [4.78, 5) is 41.0. The fraction of sp³-hybridized carbons (Fsp3) is 0.529. The molecule has 2 heterocycles. The zero-order valence-corrected chi connectivity index (χ0v) is 15.4. The van der Waals surface area contributed by atoms with E-state index in [9.17, 15) is 29.2 Å². The summed E-state index contributed by atoms with van der Waals surface area (Å²) in [6.07, 6.45) is 2.88. The van der Waals surface area contributed by atoms with Crippen LogP contribution in [0.4, 0.5) is 4.39 Å². The number of nitrogens with zero attached hydrogens (tertiary/aromatic N) is 4. The van der Waals surface area contributed by atoms with Gasteiger partial charge in [-0.3, -0.25) is 19.6 Å². The van der Waals surface area contributed by atoms with Gasteiger partial charge >= 0.3 is 0 Å². The van der Waals surface area contributed by atoms with E-state index in [2.05, 4.69) is 4.99 Å². The Balaban J connectivity index is 2.20. The van der Waals surface area contributed by atoms with Crippen LogP contribution in [0.2, 0.25) is 0 Å². The molecule has 3 amide bonds. The van der Waals surface area contributed by atoms with Gasteiger partial charge in [0, 0.05) is 0 Å². The average molecular weight is 398 g/mol. The third-order valence-corrected chi connectivity index (χ3v) is 4.33. The van der Waals surface area contributed by atoms with Crippen molar-refractivity contribution in [2.75, 3.05) is 19.9 Å². The Morgan fingerprint density at radius 2 is 2.25 bits per heavy atom. The molecule has 0 aliphatic carbocycles. The van der Waals surface area contributed by atoms with Crippen molar-refractivity contribution in [2.24, 2.45) is 10.9 Å². The highest BCUT2D eigenvalue weighted by atomic mass is 19.1. The number of hydrogen-bond donors (Lipinski definition) is 2. The number of hydrogen-bond acceptors (Lipinski definition) is 6. The molecule has 2 atom stereocenters. The topological polar surface area (TPSA) is 125 Å². The smallest absolute Gasteiger partial charge is 0.273 e. The minimum Gasteiger partial charge on any atom is -0.427 e. The van der Waals surface area contributed by atoms with Crippen molar-refractivity contribution in [3.8, 4) is 0 Å². The fourth-order valence-electron chi connectivity index (χ4n) is 2.84. The standard InChI is InChI=1S/C17H23FN4O6/c1-2-3-4-12(7-20(26)10-23)17(25)21-11-28-9-14(21)16(24)19-15-6-5-13(18)8-22(15)27/h5-6,8,10,12,14,26-27H,2-4,7,9,11H2,1H3/t12-,14+/m1/s1. The van der Waals surface area contributed by atoms with E-state index in [1.807, 2.05) is 6.92 Å². The Labute approximate surface area is 160 Å². The molecule has 1 aliphatic rings. The summed E-state index contributed by atoms with van der Waals surface area (Å²) in [5, 5.41) is 19.5. The molecule has 11 heteroatoms. The molecule has 1 aliphatic heterocycles. The van der Waals surface area contributed by atoms with Crippen molar-refractivity contribution in [3.63, 3.8) is 0 Å². The quantitative estimate of drug-likeness (QED) is 0.278. The molecule has 154 valence electrons. The predicted octanol–water partition coefficient (Wildman–Crippen LogP) is 0.131. The lowest BCUT2D eigenvalue weighted by molar-refractivity contribution is -0.158. The summed E-state index contributed by atoms with van der Waals surface area (Å²) in [5.74, 6) is -2.61. The van der Waals surface area contributed by atoms with Crippen LogP contribution in [0, 0.1) is 11.7 Å². The largest absolute Gasteiger partial charge is 0.427 e. The Morgan fingerprint density at radius 1 is 1.50 bits per heavy atom. The molecule has 0 unspecified atom stereocenters. The minimum absolute atomic E-state index is 0.0856. The van der Waals surface area contributed by atoms with E-state index in [0.717, 1.165) is 24.8 Å². The van der Waals surface area contributed by atoms with Crippen molar-refractivity contribution in [2.45, 2.75) is 32.2 Å². The second-order valence-electron chi connectivity index (χ2n) is 6.39. The SMILES string of the molecule is CCCC[C@H](CN(O)C=O)C(=O)N1COC[C@H]1C(=O)N=c1ccc(F)cn1O. The number of aromatic nitrogens is 1. The average Bonchev–Trinajstić information content (AvgIpc) is 3.16. The van der Waals surface area contributed by atoms with Crippen LogP contribution in [-0.4, -0.2) is 69.3 Å². The van der Waals surface area contributed by atoms with E-state index in [1.165, 1.54) is 4.90 Å². The molecule has 1 fully saturated rings. The summed E-state index contributed by atoms with van der Waals surface area (Å²) in [7, 11) is 0. The first-order valence-corrected chi connectivity index (χ1v) is 8.82. The molecule has 2 rings (SSSR count). The monoisotopic (exact) mass is 398 g/mol. The van der Waals surface area contributed by atoms with Crippen LogP contribution in [0.25, 0.3) is 0 Å². The molecule has 0 saturated carbocycles. The number of carbonyl (C=O) groups excluding carboxylic acids is 3. The highest BCUT2D eigenvalue weighted by Crippen LogP contribution is 2.19. The molecule has 0 spiro atoms. The Bertz CT molecular complexity index is 783. The second-order valence-corrected chi connectivity index (χ2v) is 6.39. The molecular formula is C17H23FN4O6. The molecule has 0 bridgehead atoms. The van der Waals surface area contributed by atoms with Crippen LogP contribution in [0.15, 0.2) is 23.3 Å². The van der Waals surface area contributed by atoms with Crippen molar-refractivity contribution in [3.05, 3.63) is 29.6 Å². The first-order valence-electron chi connectivity index (χ1n) is 8.82. The van der Waals surface area contributed by atoms with Crippen molar-refractivity contribution in [1.82, 2.24) is 14.7 Å². The van der Waals surface area contributed by atoms with Gasteiger partial charge < -0.3 is 14.8 Å². The van der Waals surface area contributed by atoms with Crippen LogP contribution in [0.5, 0.6) is 0 Å². The van der Waals surface area contributed by atoms with E-state index in [-0.39, 0.29) is 31.8 Å². The predicted molar refractivity (Wildman–Crippen MR) is 91.2 cm³/mol. The Kier molecular flexibility index (Phi) is 7.64. The zero-order chi connectivity index (χ0) is 20.7. The summed E-state index contributed by atoms with van der Waals surface area (Å²) in [5.41, 5.74) is -0.198. The summed E-state index contributed by atoms with van der Waals surface area (Å²) in [6, 6.07) is 1.13. The highest BCUT2D eigenvalue weighted by molar-refractivity contribution is 5.89. The molecule has 1 aromatic rings. The van der Waals surface area contributed by atoms with Gasteiger partial charge in [-0.2, -0.15) is 9.72 Å². The molecule has 10 nitrogen and oxygen atoms in total. The van der Waals surface area contributed by atoms with E-state index in [1.54, 1.807) is 0 Å². The normalized spacial score (nSPS) is 18.2. The van der Waals surface area contributed by atoms with Gasteiger partial charge in [-0.15, -0.1) is 0 Å². The Hall–Kier alpha value is -2.79. The molecule has 2 N–H and O–H groups in total. The number of hydroxylamine groups is 2. The first-order chi connectivity index (χ1) is 13.4. The number of ether oxygens (including phenoxy) is 1. The van der Waals surface area contributed by atoms with Gasteiger partial charge in [0.2, 0.25) is 12.3 Å². The summed E-state index contributed by atoms with van der Waals surface area (Å²) >= 11 is 0. The summed E-state index contributed by atoms with van der Waals surface area (Å²) in [6.45, 7) is 1.51. The van der Waals surface area contributed by atoms with Gasteiger partial charge in [-0.25, -0.2) is 9.45 Å². The molecule has 28 heavy (non-hydrogen) atoms. The van der Waals surface area contributed by atoms with Crippen LogP contribution >= 0.6 is 0 Å². The highest BCUT2D eigenvalue weighted by Gasteiger charge is 2.38. The number of pyridine rings is 1. The van der Waals surface area contributed by atoms with Crippen LogP contribution in [0.1, 0.15) is 26.2 Å². The maximum absolute atomic E-state index is 13.0. The summed E-state index contributed by atoms with van der Waals surface area (Å²) < 4.78 is 18.7. The van der Waals surface area contributed by atoms with E-state index in [4.69, 9.17) is 4.74 Å². The van der Waals surface area contributed by atoms with Gasteiger partial charge in [0.1, 0.15) is 18.6 Å². The van der Waals surface area contributed by atoms with E-state index < -0.39 is 29.6 Å². The van der Waals surface area contributed by atoms with Crippen molar-refractivity contribution < 1.29 is 33.9 Å². The number of halogens is 1. The third-order valence-electron chi connectivity index (χ3n) is 4.33. The molecular weight excluding hydrogens is 375 g/mol. The van der Waals surface area contributed by atoms with Crippen LogP contribution in [-0.2, 0) is 19.1 Å². The lowest BCUT2D eigenvalue weighted by Crippen LogP contribution is -2.47. The van der Waals surface area contributed by atoms with Gasteiger partial charge in [0.15, 0.2) is 5.49 Å². The van der Waals surface area contributed by atoms with Crippen molar-refractivity contribution >= 4 is 18.2 Å². The first kappa shape index (κ1) is 21.5. The molecule has 0 radical (unpaired) electrons. The lowest BCUT2D eigenvalue weighted by Gasteiger charge is -2.26. The molecule has 1 saturated heterocycles. The second kappa shape index (κ2) is 9.95. The van der Waals surface area contributed by atoms with Gasteiger partial charge in [0.25, 0.3) is 5.91 Å². The van der Waals surface area contributed by atoms with Gasteiger partial charge in [-0.05, 0) is 18.6 Å². The number of amides is 3. The molecule has 1 aromatic heterocycles. The van der Waals surface area contributed by atoms with Crippen molar-refractivity contribution in [1.29, 1.82) is 0 Å². The maximum Gasteiger partial charge on any atom is 0.273 e. The van der Waals surface area contributed by atoms with E-state index >= 15 is 0 Å².